The van der Waals surface area contributed by atoms with Crippen molar-refractivity contribution in [3.8, 4) is 0 Å². The first-order valence-electron chi connectivity index (χ1n) is 6.10. The standard InChI is InChI=1S/C12H18N4OS/c1-18-9-3-2-5-16(6-4-9)12(17)10-7-14-8-11(13)15-10/h7-9H,2-6H2,1H3,(H2,13,15). The van der Waals surface area contributed by atoms with Gasteiger partial charge in [0, 0.05) is 18.3 Å². The summed E-state index contributed by atoms with van der Waals surface area (Å²) in [5, 5.41) is 0.662. The van der Waals surface area contributed by atoms with Gasteiger partial charge >= 0.3 is 0 Å². The fraction of sp³-hybridized carbons (Fsp3) is 0.583. The molecule has 1 fully saturated rings. The molecule has 1 unspecified atom stereocenters. The highest BCUT2D eigenvalue weighted by molar-refractivity contribution is 7.99. The zero-order valence-electron chi connectivity index (χ0n) is 10.5. The molecule has 1 saturated heterocycles. The average Bonchev–Trinajstić information content (AvgIpc) is 2.63. The number of hydrogen-bond acceptors (Lipinski definition) is 5. The second-order valence-corrected chi connectivity index (χ2v) is 5.55. The monoisotopic (exact) mass is 266 g/mol. The molecule has 0 aromatic carbocycles. The summed E-state index contributed by atoms with van der Waals surface area (Å²) in [5.41, 5.74) is 5.90. The van der Waals surface area contributed by atoms with Gasteiger partial charge in [-0.2, -0.15) is 11.8 Å². The van der Waals surface area contributed by atoms with Crippen molar-refractivity contribution in [2.75, 3.05) is 25.1 Å². The Labute approximate surface area is 111 Å². The summed E-state index contributed by atoms with van der Waals surface area (Å²) in [6.07, 6.45) is 8.33. The summed E-state index contributed by atoms with van der Waals surface area (Å²) in [6, 6.07) is 0. The van der Waals surface area contributed by atoms with Crippen LogP contribution in [0.3, 0.4) is 0 Å². The maximum Gasteiger partial charge on any atom is 0.274 e. The normalized spacial score (nSPS) is 20.5. The van der Waals surface area contributed by atoms with Crippen molar-refractivity contribution in [1.82, 2.24) is 14.9 Å². The molecule has 1 atom stereocenters. The van der Waals surface area contributed by atoms with Crippen molar-refractivity contribution in [1.29, 1.82) is 0 Å². The molecular weight excluding hydrogens is 248 g/mol. The van der Waals surface area contributed by atoms with Gasteiger partial charge in [-0.25, -0.2) is 4.98 Å². The van der Waals surface area contributed by atoms with Crippen molar-refractivity contribution >= 4 is 23.5 Å². The van der Waals surface area contributed by atoms with Gasteiger partial charge in [-0.1, -0.05) is 0 Å². The molecule has 2 N–H and O–H groups in total. The van der Waals surface area contributed by atoms with Crippen molar-refractivity contribution in [3.05, 3.63) is 18.1 Å². The van der Waals surface area contributed by atoms with Crippen LogP contribution in [-0.4, -0.2) is 45.4 Å². The molecule has 1 aromatic heterocycles. The van der Waals surface area contributed by atoms with E-state index in [2.05, 4.69) is 16.2 Å². The number of nitrogens with two attached hydrogens (primary N) is 1. The fourth-order valence-electron chi connectivity index (χ4n) is 2.15. The Bertz CT molecular complexity index is 426. The molecule has 2 rings (SSSR count). The number of thioether (sulfide) groups is 1. The maximum absolute atomic E-state index is 12.3. The number of aromatic nitrogens is 2. The molecule has 1 aliphatic rings. The second-order valence-electron chi connectivity index (χ2n) is 4.41. The lowest BCUT2D eigenvalue weighted by atomic mass is 10.2. The number of nitrogen functional groups attached to an aromatic ring is 1. The summed E-state index contributed by atoms with van der Waals surface area (Å²) in [7, 11) is 0. The van der Waals surface area contributed by atoms with Crippen LogP contribution in [0.5, 0.6) is 0 Å². The Morgan fingerprint density at radius 3 is 3.00 bits per heavy atom. The van der Waals surface area contributed by atoms with Crippen LogP contribution in [0.25, 0.3) is 0 Å². The first kappa shape index (κ1) is 13.1. The van der Waals surface area contributed by atoms with E-state index in [0.717, 1.165) is 25.9 Å². The molecular formula is C12H18N4OS. The highest BCUT2D eigenvalue weighted by atomic mass is 32.2. The van der Waals surface area contributed by atoms with Crippen LogP contribution in [0.2, 0.25) is 0 Å². The minimum absolute atomic E-state index is 0.0587. The van der Waals surface area contributed by atoms with Crippen molar-refractivity contribution in [3.63, 3.8) is 0 Å². The fourth-order valence-corrected chi connectivity index (χ4v) is 2.89. The molecule has 0 saturated carbocycles. The van der Waals surface area contributed by atoms with Gasteiger partial charge in [0.2, 0.25) is 0 Å². The molecule has 5 nitrogen and oxygen atoms in total. The maximum atomic E-state index is 12.3. The van der Waals surface area contributed by atoms with Crippen LogP contribution in [-0.2, 0) is 0 Å². The van der Waals surface area contributed by atoms with Gasteiger partial charge in [0.05, 0.1) is 12.4 Å². The summed E-state index contributed by atoms with van der Waals surface area (Å²) in [4.78, 5) is 22.1. The van der Waals surface area contributed by atoms with Gasteiger partial charge in [-0.05, 0) is 25.5 Å². The number of carbonyl (C=O) groups excluding carboxylic acids is 1. The summed E-state index contributed by atoms with van der Waals surface area (Å²) >= 11 is 1.89. The van der Waals surface area contributed by atoms with E-state index >= 15 is 0 Å². The first-order valence-corrected chi connectivity index (χ1v) is 7.39. The molecule has 2 heterocycles. The summed E-state index contributed by atoms with van der Waals surface area (Å²) < 4.78 is 0. The third kappa shape index (κ3) is 3.13. The molecule has 18 heavy (non-hydrogen) atoms. The number of anilines is 1. The lowest BCUT2D eigenvalue weighted by Crippen LogP contribution is -2.32. The molecule has 0 radical (unpaired) electrons. The van der Waals surface area contributed by atoms with E-state index in [9.17, 15) is 4.79 Å². The Hall–Kier alpha value is -1.30. The van der Waals surface area contributed by atoms with E-state index in [-0.39, 0.29) is 11.7 Å². The summed E-state index contributed by atoms with van der Waals surface area (Å²) in [5.74, 6) is 0.231. The zero-order valence-corrected chi connectivity index (χ0v) is 11.3. The van der Waals surface area contributed by atoms with Crippen LogP contribution in [0.4, 0.5) is 5.82 Å². The molecule has 1 amide bonds. The van der Waals surface area contributed by atoms with E-state index in [1.165, 1.54) is 18.8 Å². The number of hydrogen-bond donors (Lipinski definition) is 1. The van der Waals surface area contributed by atoms with Crippen molar-refractivity contribution in [2.24, 2.45) is 0 Å². The Kier molecular flexibility index (Phi) is 4.41. The molecule has 0 bridgehead atoms. The predicted molar refractivity (Wildman–Crippen MR) is 73.5 cm³/mol. The Morgan fingerprint density at radius 1 is 1.44 bits per heavy atom. The highest BCUT2D eigenvalue weighted by Crippen LogP contribution is 2.21. The lowest BCUT2D eigenvalue weighted by Gasteiger charge is -2.19. The minimum atomic E-state index is -0.0587. The zero-order chi connectivity index (χ0) is 13.0. The van der Waals surface area contributed by atoms with E-state index in [1.54, 1.807) is 0 Å². The molecule has 0 spiro atoms. The third-order valence-corrected chi connectivity index (χ3v) is 4.31. The van der Waals surface area contributed by atoms with Gasteiger partial charge in [-0.15, -0.1) is 0 Å². The largest absolute Gasteiger partial charge is 0.382 e. The number of rotatable bonds is 2. The van der Waals surface area contributed by atoms with Crippen LogP contribution in [0, 0.1) is 0 Å². The van der Waals surface area contributed by atoms with E-state index in [4.69, 9.17) is 5.73 Å². The third-order valence-electron chi connectivity index (χ3n) is 3.17. The van der Waals surface area contributed by atoms with Crippen molar-refractivity contribution in [2.45, 2.75) is 24.5 Å². The smallest absolute Gasteiger partial charge is 0.274 e. The van der Waals surface area contributed by atoms with E-state index in [1.807, 2.05) is 16.7 Å². The molecule has 1 aromatic rings. The van der Waals surface area contributed by atoms with Gasteiger partial charge in [0.1, 0.15) is 11.5 Å². The van der Waals surface area contributed by atoms with Crippen LogP contribution < -0.4 is 5.73 Å². The Morgan fingerprint density at radius 2 is 2.28 bits per heavy atom. The number of carbonyl (C=O) groups is 1. The lowest BCUT2D eigenvalue weighted by molar-refractivity contribution is 0.0755. The molecule has 6 heteroatoms. The van der Waals surface area contributed by atoms with Gasteiger partial charge in [0.25, 0.3) is 5.91 Å². The number of amides is 1. The highest BCUT2D eigenvalue weighted by Gasteiger charge is 2.22. The molecule has 0 aliphatic carbocycles. The van der Waals surface area contributed by atoms with E-state index < -0.39 is 0 Å². The van der Waals surface area contributed by atoms with Crippen LogP contribution in [0.1, 0.15) is 29.8 Å². The number of nitrogens with zero attached hydrogens (tertiary/aromatic N) is 3. The SMILES string of the molecule is CSC1CCCN(C(=O)c2cncc(N)n2)CC1. The van der Waals surface area contributed by atoms with Gasteiger partial charge < -0.3 is 10.6 Å². The number of likely N-dealkylation sites (tertiary alicyclic amines) is 1. The topological polar surface area (TPSA) is 72.1 Å². The van der Waals surface area contributed by atoms with Gasteiger partial charge in [0.15, 0.2) is 0 Å². The molecule has 1 aliphatic heterocycles. The molecule has 98 valence electrons. The second kappa shape index (κ2) is 6.04. The minimum Gasteiger partial charge on any atom is -0.382 e. The van der Waals surface area contributed by atoms with Crippen LogP contribution >= 0.6 is 11.8 Å². The van der Waals surface area contributed by atoms with E-state index in [0.29, 0.717) is 10.9 Å². The quantitative estimate of drug-likeness (QED) is 0.876. The average molecular weight is 266 g/mol. The van der Waals surface area contributed by atoms with Gasteiger partial charge in [-0.3, -0.25) is 9.78 Å². The van der Waals surface area contributed by atoms with Crippen LogP contribution in [0.15, 0.2) is 12.4 Å². The predicted octanol–water partition coefficient (Wildman–Crippen LogP) is 1.42. The first-order chi connectivity index (χ1) is 8.70. The Balaban J connectivity index is 2.05. The van der Waals surface area contributed by atoms with Crippen molar-refractivity contribution < 1.29 is 4.79 Å². The summed E-state index contributed by atoms with van der Waals surface area (Å²) in [6.45, 7) is 1.59.